The average molecular weight is 360 g/mol. The van der Waals surface area contributed by atoms with E-state index in [2.05, 4.69) is 10.3 Å². The number of aromatic amines is 1. The van der Waals surface area contributed by atoms with E-state index < -0.39 is 23.7 Å². The molecular formula is C18H24N4O4. The molecule has 0 radical (unpaired) electrons. The molecule has 0 atom stereocenters. The van der Waals surface area contributed by atoms with Gasteiger partial charge in [0.25, 0.3) is 5.56 Å². The Hall–Kier alpha value is -2.90. The Morgan fingerprint density at radius 3 is 2.58 bits per heavy atom. The lowest BCUT2D eigenvalue weighted by Crippen LogP contribution is -2.46. The van der Waals surface area contributed by atoms with Gasteiger partial charge in [-0.1, -0.05) is 26.0 Å². The third kappa shape index (κ3) is 4.59. The zero-order valence-electron chi connectivity index (χ0n) is 15.1. The summed E-state index contributed by atoms with van der Waals surface area (Å²) in [5.74, 6) is -0.699. The van der Waals surface area contributed by atoms with Gasteiger partial charge in [0.15, 0.2) is 0 Å². The second-order valence-electron chi connectivity index (χ2n) is 6.03. The van der Waals surface area contributed by atoms with Crippen molar-refractivity contribution in [2.45, 2.75) is 33.2 Å². The van der Waals surface area contributed by atoms with Crippen molar-refractivity contribution in [2.75, 3.05) is 19.6 Å². The molecule has 140 valence electrons. The average Bonchev–Trinajstić information content (AvgIpc) is 2.63. The van der Waals surface area contributed by atoms with Crippen LogP contribution in [0.25, 0.3) is 10.9 Å². The number of hydrogen-bond acceptors (Lipinski definition) is 4. The molecule has 2 amide bonds. The summed E-state index contributed by atoms with van der Waals surface area (Å²) < 4.78 is 0.872. The van der Waals surface area contributed by atoms with Crippen molar-refractivity contribution in [2.24, 2.45) is 0 Å². The number of benzene rings is 1. The van der Waals surface area contributed by atoms with Gasteiger partial charge in [-0.25, -0.2) is 4.79 Å². The number of carbonyl (C=O) groups is 2. The monoisotopic (exact) mass is 360 g/mol. The first-order valence-electron chi connectivity index (χ1n) is 8.74. The van der Waals surface area contributed by atoms with Gasteiger partial charge in [-0.15, -0.1) is 0 Å². The van der Waals surface area contributed by atoms with E-state index in [1.807, 2.05) is 13.8 Å². The number of para-hydroxylation sites is 1. The van der Waals surface area contributed by atoms with Crippen molar-refractivity contribution in [1.82, 2.24) is 19.8 Å². The van der Waals surface area contributed by atoms with Crippen molar-refractivity contribution in [1.29, 1.82) is 0 Å². The Morgan fingerprint density at radius 1 is 1.15 bits per heavy atom. The highest BCUT2D eigenvalue weighted by molar-refractivity contribution is 5.85. The summed E-state index contributed by atoms with van der Waals surface area (Å²) in [6, 6.07) is 6.63. The number of carbonyl (C=O) groups excluding carboxylic acids is 2. The molecule has 0 aliphatic heterocycles. The molecular weight excluding hydrogens is 336 g/mol. The maximum Gasteiger partial charge on any atom is 0.329 e. The maximum absolute atomic E-state index is 12.6. The quantitative estimate of drug-likeness (QED) is 0.713. The van der Waals surface area contributed by atoms with Crippen LogP contribution in [0.5, 0.6) is 0 Å². The van der Waals surface area contributed by atoms with Crippen LogP contribution in [0.2, 0.25) is 0 Å². The summed E-state index contributed by atoms with van der Waals surface area (Å²) in [6.07, 6.45) is 1.46. The topological polar surface area (TPSA) is 104 Å². The van der Waals surface area contributed by atoms with Crippen molar-refractivity contribution in [3.8, 4) is 0 Å². The highest BCUT2D eigenvalue weighted by Gasteiger charge is 2.19. The summed E-state index contributed by atoms with van der Waals surface area (Å²) in [5.41, 5.74) is -0.742. The number of H-pyrrole nitrogens is 1. The first kappa shape index (κ1) is 19.4. The molecule has 0 unspecified atom stereocenters. The van der Waals surface area contributed by atoms with Crippen LogP contribution in [0.4, 0.5) is 0 Å². The SMILES string of the molecule is CCCNC(=O)CN(CCC)C(=O)Cn1c(=O)[nH]c2ccccc2c1=O. The summed E-state index contributed by atoms with van der Waals surface area (Å²) in [4.78, 5) is 53.2. The van der Waals surface area contributed by atoms with Gasteiger partial charge in [0.2, 0.25) is 11.8 Å². The molecule has 2 aromatic rings. The number of nitrogens with one attached hydrogen (secondary N) is 2. The van der Waals surface area contributed by atoms with E-state index in [1.165, 1.54) is 4.90 Å². The lowest BCUT2D eigenvalue weighted by Gasteiger charge is -2.22. The smallest absolute Gasteiger partial charge is 0.329 e. The van der Waals surface area contributed by atoms with Gasteiger partial charge in [0.1, 0.15) is 6.54 Å². The van der Waals surface area contributed by atoms with Gasteiger partial charge in [-0.2, -0.15) is 0 Å². The molecule has 1 aromatic heterocycles. The van der Waals surface area contributed by atoms with Crippen molar-refractivity contribution in [3.05, 3.63) is 45.1 Å². The first-order valence-corrected chi connectivity index (χ1v) is 8.74. The van der Waals surface area contributed by atoms with E-state index >= 15 is 0 Å². The predicted octanol–water partition coefficient (Wildman–Crippen LogP) is 0.455. The Balaban J connectivity index is 2.23. The van der Waals surface area contributed by atoms with E-state index in [9.17, 15) is 19.2 Å². The normalized spacial score (nSPS) is 10.7. The standard InChI is InChI=1S/C18H24N4O4/c1-3-9-19-15(23)11-21(10-4-2)16(24)12-22-17(25)13-7-5-6-8-14(13)20-18(22)26/h5-8H,3-4,9-12H2,1-2H3,(H,19,23)(H,20,26). The molecule has 0 aliphatic carbocycles. The van der Waals surface area contributed by atoms with Crippen LogP contribution in [0.15, 0.2) is 33.9 Å². The minimum atomic E-state index is -0.645. The van der Waals surface area contributed by atoms with E-state index in [-0.39, 0.29) is 12.5 Å². The van der Waals surface area contributed by atoms with E-state index in [4.69, 9.17) is 0 Å². The Morgan fingerprint density at radius 2 is 1.88 bits per heavy atom. The number of amides is 2. The van der Waals surface area contributed by atoms with E-state index in [0.29, 0.717) is 30.4 Å². The molecule has 2 N–H and O–H groups in total. The molecule has 0 bridgehead atoms. The molecule has 0 saturated heterocycles. The number of nitrogens with zero attached hydrogens (tertiary/aromatic N) is 2. The molecule has 1 aromatic carbocycles. The van der Waals surface area contributed by atoms with Gasteiger partial charge in [-0.3, -0.25) is 19.0 Å². The molecule has 8 nitrogen and oxygen atoms in total. The van der Waals surface area contributed by atoms with Crippen LogP contribution in [0.1, 0.15) is 26.7 Å². The minimum Gasteiger partial charge on any atom is -0.355 e. The highest BCUT2D eigenvalue weighted by atomic mass is 16.2. The molecule has 0 spiro atoms. The maximum atomic E-state index is 12.6. The second-order valence-corrected chi connectivity index (χ2v) is 6.03. The van der Waals surface area contributed by atoms with Gasteiger partial charge >= 0.3 is 5.69 Å². The van der Waals surface area contributed by atoms with Crippen LogP contribution in [0, 0.1) is 0 Å². The fourth-order valence-corrected chi connectivity index (χ4v) is 2.63. The Labute approximate surface area is 150 Å². The molecule has 0 fully saturated rings. The zero-order chi connectivity index (χ0) is 19.1. The van der Waals surface area contributed by atoms with Crippen molar-refractivity contribution in [3.63, 3.8) is 0 Å². The fourth-order valence-electron chi connectivity index (χ4n) is 2.63. The van der Waals surface area contributed by atoms with Crippen molar-refractivity contribution < 1.29 is 9.59 Å². The van der Waals surface area contributed by atoms with E-state index in [0.717, 1.165) is 11.0 Å². The number of rotatable bonds is 8. The van der Waals surface area contributed by atoms with Gasteiger partial charge in [-0.05, 0) is 25.0 Å². The van der Waals surface area contributed by atoms with Gasteiger partial charge in [0, 0.05) is 13.1 Å². The van der Waals surface area contributed by atoms with Gasteiger partial charge in [0.05, 0.1) is 17.4 Å². The molecule has 1 heterocycles. The largest absolute Gasteiger partial charge is 0.355 e. The van der Waals surface area contributed by atoms with Crippen LogP contribution in [-0.4, -0.2) is 45.9 Å². The molecule has 8 heteroatoms. The highest BCUT2D eigenvalue weighted by Crippen LogP contribution is 2.03. The summed E-state index contributed by atoms with van der Waals surface area (Å²) in [7, 11) is 0. The van der Waals surface area contributed by atoms with Crippen LogP contribution in [-0.2, 0) is 16.1 Å². The first-order chi connectivity index (χ1) is 12.5. The van der Waals surface area contributed by atoms with E-state index in [1.54, 1.807) is 24.3 Å². The molecule has 0 saturated carbocycles. The lowest BCUT2D eigenvalue weighted by atomic mass is 10.2. The Kier molecular flexibility index (Phi) is 6.71. The van der Waals surface area contributed by atoms with Crippen molar-refractivity contribution >= 4 is 22.7 Å². The predicted molar refractivity (Wildman–Crippen MR) is 99.0 cm³/mol. The fraction of sp³-hybridized carbons (Fsp3) is 0.444. The second kappa shape index (κ2) is 8.98. The minimum absolute atomic E-state index is 0.0904. The molecule has 2 rings (SSSR count). The summed E-state index contributed by atoms with van der Waals surface area (Å²) in [5, 5.41) is 3.05. The third-order valence-corrected chi connectivity index (χ3v) is 3.94. The molecule has 26 heavy (non-hydrogen) atoms. The van der Waals surface area contributed by atoms with Crippen LogP contribution >= 0.6 is 0 Å². The lowest BCUT2D eigenvalue weighted by molar-refractivity contribution is -0.136. The third-order valence-electron chi connectivity index (χ3n) is 3.94. The number of aromatic nitrogens is 2. The molecule has 0 aliphatic rings. The zero-order valence-corrected chi connectivity index (χ0v) is 15.1. The number of hydrogen-bond donors (Lipinski definition) is 2. The van der Waals surface area contributed by atoms with Crippen LogP contribution < -0.4 is 16.6 Å². The Bertz CT molecular complexity index is 900. The van der Waals surface area contributed by atoms with Crippen LogP contribution in [0.3, 0.4) is 0 Å². The number of fused-ring (bicyclic) bond motifs is 1. The summed E-state index contributed by atoms with van der Waals surface area (Å²) in [6.45, 7) is 4.25. The summed E-state index contributed by atoms with van der Waals surface area (Å²) >= 11 is 0. The van der Waals surface area contributed by atoms with Gasteiger partial charge < -0.3 is 15.2 Å².